The van der Waals surface area contributed by atoms with Crippen molar-refractivity contribution in [1.29, 1.82) is 0 Å². The minimum absolute atomic E-state index is 0.248. The summed E-state index contributed by atoms with van der Waals surface area (Å²) >= 11 is 3.16. The van der Waals surface area contributed by atoms with Crippen molar-refractivity contribution in [2.24, 2.45) is 10.6 Å². The first-order chi connectivity index (χ1) is 5.02. The molecule has 0 saturated heterocycles. The third-order valence-electron chi connectivity index (χ3n) is 1.35. The second kappa shape index (κ2) is 4.72. The molecule has 4 heteroatoms. The largest absolute Gasteiger partial charge is 0.411 e. The van der Waals surface area contributed by atoms with Gasteiger partial charge in [0.15, 0.2) is 0 Å². The van der Waals surface area contributed by atoms with E-state index in [0.29, 0.717) is 11.8 Å². The van der Waals surface area contributed by atoms with Crippen LogP contribution in [0.15, 0.2) is 5.16 Å². The Hall–Kier alpha value is -0.0900. The zero-order valence-corrected chi connectivity index (χ0v) is 8.37. The summed E-state index contributed by atoms with van der Waals surface area (Å²) in [6, 6.07) is 0. The van der Waals surface area contributed by atoms with E-state index in [1.165, 1.54) is 6.21 Å². The zero-order chi connectivity index (χ0) is 8.91. The highest BCUT2D eigenvalue weighted by molar-refractivity contribution is 9.09. The van der Waals surface area contributed by atoms with Crippen LogP contribution in [0.5, 0.6) is 0 Å². The summed E-state index contributed by atoms with van der Waals surface area (Å²) in [6.07, 6.45) is 1.63. The fourth-order valence-corrected chi connectivity index (χ4v) is 1.10. The molecule has 0 aromatic carbocycles. The third-order valence-corrected chi connectivity index (χ3v) is 2.09. The number of nitrogens with zero attached hydrogens (tertiary/aromatic N) is 1. The molecule has 0 radical (unpaired) electrons. The molecule has 0 heterocycles. The SMILES string of the molecule is CC(C)(C=NO)CC(O)CBr. The van der Waals surface area contributed by atoms with Gasteiger partial charge in [0.1, 0.15) is 0 Å². The van der Waals surface area contributed by atoms with Crippen molar-refractivity contribution in [3.05, 3.63) is 0 Å². The molecule has 0 aliphatic rings. The Bertz CT molecular complexity index is 136. The molecule has 1 unspecified atom stereocenters. The average molecular weight is 224 g/mol. The maximum Gasteiger partial charge on any atom is 0.0645 e. The third kappa shape index (κ3) is 5.21. The molecule has 0 aromatic heterocycles. The van der Waals surface area contributed by atoms with Crippen molar-refractivity contribution in [2.45, 2.75) is 26.4 Å². The van der Waals surface area contributed by atoms with E-state index in [2.05, 4.69) is 21.1 Å². The van der Waals surface area contributed by atoms with Gasteiger partial charge in [-0.15, -0.1) is 5.16 Å². The quantitative estimate of drug-likeness (QED) is 0.330. The fraction of sp³-hybridized carbons (Fsp3) is 0.857. The van der Waals surface area contributed by atoms with Gasteiger partial charge in [0.05, 0.1) is 6.10 Å². The van der Waals surface area contributed by atoms with Crippen LogP contribution in [0.3, 0.4) is 0 Å². The zero-order valence-electron chi connectivity index (χ0n) is 6.79. The first-order valence-corrected chi connectivity index (χ1v) is 4.56. The number of aliphatic hydroxyl groups is 1. The van der Waals surface area contributed by atoms with Crippen molar-refractivity contribution in [3.8, 4) is 0 Å². The van der Waals surface area contributed by atoms with Crippen LogP contribution in [0.4, 0.5) is 0 Å². The number of alkyl halides is 1. The second-order valence-corrected chi connectivity index (χ2v) is 3.89. The van der Waals surface area contributed by atoms with Gasteiger partial charge in [-0.25, -0.2) is 0 Å². The Morgan fingerprint density at radius 2 is 2.18 bits per heavy atom. The normalized spacial score (nSPS) is 15.6. The molecular formula is C7H14BrNO2. The highest BCUT2D eigenvalue weighted by Crippen LogP contribution is 2.20. The van der Waals surface area contributed by atoms with Crippen LogP contribution in [0.25, 0.3) is 0 Å². The lowest BCUT2D eigenvalue weighted by molar-refractivity contribution is 0.159. The second-order valence-electron chi connectivity index (χ2n) is 3.25. The summed E-state index contributed by atoms with van der Waals surface area (Å²) in [4.78, 5) is 0. The van der Waals surface area contributed by atoms with Crippen molar-refractivity contribution >= 4 is 22.1 Å². The summed E-state index contributed by atoms with van der Waals surface area (Å²) in [5.74, 6) is 0. The first-order valence-electron chi connectivity index (χ1n) is 3.44. The highest BCUT2D eigenvalue weighted by Gasteiger charge is 2.19. The molecular weight excluding hydrogens is 210 g/mol. The van der Waals surface area contributed by atoms with Crippen molar-refractivity contribution < 1.29 is 10.3 Å². The minimum atomic E-state index is -0.386. The molecule has 0 aliphatic heterocycles. The van der Waals surface area contributed by atoms with E-state index < -0.39 is 0 Å². The molecule has 0 bridgehead atoms. The maximum absolute atomic E-state index is 9.23. The van der Waals surface area contributed by atoms with Gasteiger partial charge in [-0.3, -0.25) is 0 Å². The van der Waals surface area contributed by atoms with Gasteiger partial charge >= 0.3 is 0 Å². The molecule has 3 nitrogen and oxygen atoms in total. The first kappa shape index (κ1) is 10.9. The lowest BCUT2D eigenvalue weighted by Crippen LogP contribution is -2.22. The van der Waals surface area contributed by atoms with Crippen molar-refractivity contribution in [3.63, 3.8) is 0 Å². The summed E-state index contributed by atoms with van der Waals surface area (Å²) < 4.78 is 0. The molecule has 0 rings (SSSR count). The Morgan fingerprint density at radius 3 is 2.55 bits per heavy atom. The lowest BCUT2D eigenvalue weighted by atomic mass is 9.89. The average Bonchev–Trinajstić information content (AvgIpc) is 1.86. The molecule has 11 heavy (non-hydrogen) atoms. The van der Waals surface area contributed by atoms with Gasteiger partial charge in [0.2, 0.25) is 0 Å². The van der Waals surface area contributed by atoms with E-state index in [1.807, 2.05) is 13.8 Å². The van der Waals surface area contributed by atoms with Crippen molar-refractivity contribution in [1.82, 2.24) is 0 Å². The number of aliphatic hydroxyl groups excluding tert-OH is 1. The molecule has 0 aliphatic carbocycles. The smallest absolute Gasteiger partial charge is 0.0645 e. The van der Waals surface area contributed by atoms with E-state index >= 15 is 0 Å². The van der Waals surface area contributed by atoms with Crippen LogP contribution in [0.1, 0.15) is 20.3 Å². The summed E-state index contributed by atoms with van der Waals surface area (Å²) in [5.41, 5.74) is -0.248. The number of halogens is 1. The van der Waals surface area contributed by atoms with Gasteiger partial charge in [0, 0.05) is 17.0 Å². The van der Waals surface area contributed by atoms with Gasteiger partial charge in [-0.05, 0) is 6.42 Å². The molecule has 66 valence electrons. The van der Waals surface area contributed by atoms with E-state index in [0.717, 1.165) is 0 Å². The molecule has 1 atom stereocenters. The molecule has 0 spiro atoms. The molecule has 0 saturated carbocycles. The monoisotopic (exact) mass is 223 g/mol. The van der Waals surface area contributed by atoms with Crippen LogP contribution in [0.2, 0.25) is 0 Å². The summed E-state index contributed by atoms with van der Waals surface area (Å²) in [7, 11) is 0. The predicted molar refractivity (Wildman–Crippen MR) is 48.5 cm³/mol. The van der Waals surface area contributed by atoms with Crippen LogP contribution in [-0.4, -0.2) is 28.0 Å². The number of rotatable bonds is 4. The van der Waals surface area contributed by atoms with E-state index in [9.17, 15) is 5.11 Å². The number of hydrogen-bond acceptors (Lipinski definition) is 3. The molecule has 0 fully saturated rings. The van der Waals surface area contributed by atoms with Gasteiger partial charge in [0.25, 0.3) is 0 Å². The van der Waals surface area contributed by atoms with Crippen molar-refractivity contribution in [2.75, 3.05) is 5.33 Å². The van der Waals surface area contributed by atoms with Crippen LogP contribution < -0.4 is 0 Å². The Balaban J connectivity index is 3.90. The van der Waals surface area contributed by atoms with Gasteiger partial charge in [-0.1, -0.05) is 29.8 Å². The summed E-state index contributed by atoms with van der Waals surface area (Å²) in [5, 5.41) is 21.0. The molecule has 0 amide bonds. The van der Waals surface area contributed by atoms with Crippen LogP contribution >= 0.6 is 15.9 Å². The molecule has 0 aromatic rings. The predicted octanol–water partition coefficient (Wildman–Crippen LogP) is 1.62. The van der Waals surface area contributed by atoms with Gasteiger partial charge in [-0.2, -0.15) is 0 Å². The van der Waals surface area contributed by atoms with E-state index in [4.69, 9.17) is 5.21 Å². The maximum atomic E-state index is 9.23. The summed E-state index contributed by atoms with van der Waals surface area (Å²) in [6.45, 7) is 3.80. The Labute approximate surface area is 75.2 Å². The standard InChI is InChI=1S/C7H14BrNO2/c1-7(2,5-9-11)3-6(10)4-8/h5-6,10-11H,3-4H2,1-2H3. The lowest BCUT2D eigenvalue weighted by Gasteiger charge is -2.20. The molecule has 2 N–H and O–H groups in total. The van der Waals surface area contributed by atoms with Gasteiger partial charge < -0.3 is 10.3 Å². The Kier molecular flexibility index (Phi) is 4.68. The Morgan fingerprint density at radius 1 is 1.64 bits per heavy atom. The highest BCUT2D eigenvalue weighted by atomic mass is 79.9. The van der Waals surface area contributed by atoms with Crippen LogP contribution in [0, 0.1) is 5.41 Å². The van der Waals surface area contributed by atoms with E-state index in [1.54, 1.807) is 0 Å². The topological polar surface area (TPSA) is 52.8 Å². The fourth-order valence-electron chi connectivity index (χ4n) is 0.871. The minimum Gasteiger partial charge on any atom is -0.411 e. The number of oxime groups is 1. The van der Waals surface area contributed by atoms with Crippen LogP contribution in [-0.2, 0) is 0 Å². The number of hydrogen-bond donors (Lipinski definition) is 2. The van der Waals surface area contributed by atoms with E-state index in [-0.39, 0.29) is 11.5 Å².